The fourth-order valence-electron chi connectivity index (χ4n) is 2.20. The first-order valence-corrected chi connectivity index (χ1v) is 9.80. The smallest absolute Gasteiger partial charge is 0.240 e. The molecular weight excluding hydrogens is 358 g/mol. The fourth-order valence-corrected chi connectivity index (χ4v) is 4.28. The van der Waals surface area contributed by atoms with Crippen LogP contribution in [0.25, 0.3) is 10.6 Å². The molecule has 130 valence electrons. The van der Waals surface area contributed by atoms with E-state index in [9.17, 15) is 8.42 Å². The Bertz CT molecular complexity index is 953. The van der Waals surface area contributed by atoms with E-state index in [-0.39, 0.29) is 11.4 Å². The molecule has 6 nitrogen and oxygen atoms in total. The normalized spacial score (nSPS) is 11.4. The molecule has 0 unspecified atom stereocenters. The number of thiazole rings is 1. The van der Waals surface area contributed by atoms with Crippen molar-refractivity contribution in [1.29, 1.82) is 0 Å². The van der Waals surface area contributed by atoms with Gasteiger partial charge in [0.1, 0.15) is 10.8 Å². The second kappa shape index (κ2) is 7.30. The van der Waals surface area contributed by atoms with Gasteiger partial charge in [0, 0.05) is 29.4 Å². The first-order valence-electron chi connectivity index (χ1n) is 7.50. The van der Waals surface area contributed by atoms with Crippen LogP contribution in [0.4, 0.5) is 0 Å². The lowest BCUT2D eigenvalue weighted by molar-refractivity contribution is 0.414. The molecule has 0 atom stereocenters. The van der Waals surface area contributed by atoms with Gasteiger partial charge in [-0.3, -0.25) is 4.98 Å². The topological polar surface area (TPSA) is 81.2 Å². The summed E-state index contributed by atoms with van der Waals surface area (Å²) in [7, 11) is -2.06. The number of nitrogens with one attached hydrogen (secondary N) is 1. The van der Waals surface area contributed by atoms with E-state index in [0.717, 1.165) is 21.1 Å². The van der Waals surface area contributed by atoms with Crippen LogP contribution in [0.1, 0.15) is 10.6 Å². The molecule has 0 aliphatic carbocycles. The molecule has 1 N–H and O–H groups in total. The molecule has 0 spiro atoms. The lowest BCUT2D eigenvalue weighted by atomic mass is 10.3. The number of benzene rings is 1. The van der Waals surface area contributed by atoms with E-state index in [4.69, 9.17) is 4.74 Å². The highest BCUT2D eigenvalue weighted by Gasteiger charge is 2.16. The van der Waals surface area contributed by atoms with Crippen LogP contribution in [0.15, 0.2) is 53.7 Å². The third-order valence-electron chi connectivity index (χ3n) is 3.59. The van der Waals surface area contributed by atoms with Gasteiger partial charge in [0.25, 0.3) is 0 Å². The second-order valence-corrected chi connectivity index (χ2v) is 8.12. The minimum absolute atomic E-state index is 0.193. The summed E-state index contributed by atoms with van der Waals surface area (Å²) in [5, 5.41) is 0.823. The van der Waals surface area contributed by atoms with Crippen molar-refractivity contribution in [3.8, 4) is 16.3 Å². The van der Waals surface area contributed by atoms with Crippen molar-refractivity contribution in [2.24, 2.45) is 0 Å². The third kappa shape index (κ3) is 4.04. The van der Waals surface area contributed by atoms with Crippen LogP contribution >= 0.6 is 11.3 Å². The van der Waals surface area contributed by atoms with E-state index < -0.39 is 10.0 Å². The molecule has 0 amide bonds. The maximum absolute atomic E-state index is 12.4. The maximum atomic E-state index is 12.4. The van der Waals surface area contributed by atoms with Gasteiger partial charge in [-0.15, -0.1) is 11.3 Å². The zero-order chi connectivity index (χ0) is 17.9. The Kier molecular flexibility index (Phi) is 5.12. The molecule has 0 radical (unpaired) electrons. The number of rotatable bonds is 6. The second-order valence-electron chi connectivity index (χ2n) is 5.27. The molecule has 25 heavy (non-hydrogen) atoms. The van der Waals surface area contributed by atoms with Gasteiger partial charge >= 0.3 is 0 Å². The van der Waals surface area contributed by atoms with E-state index in [1.165, 1.54) is 30.6 Å². The van der Waals surface area contributed by atoms with E-state index in [1.54, 1.807) is 24.5 Å². The summed E-state index contributed by atoms with van der Waals surface area (Å²) in [5.41, 5.74) is 1.72. The number of hydrogen-bond acceptors (Lipinski definition) is 6. The van der Waals surface area contributed by atoms with Gasteiger partial charge in [-0.1, -0.05) is 0 Å². The van der Waals surface area contributed by atoms with Crippen molar-refractivity contribution in [3.63, 3.8) is 0 Å². The number of aromatic nitrogens is 2. The lowest BCUT2D eigenvalue weighted by Crippen LogP contribution is -2.23. The minimum Gasteiger partial charge on any atom is -0.497 e. The summed E-state index contributed by atoms with van der Waals surface area (Å²) in [6.45, 7) is 2.06. The average Bonchev–Trinajstić information content (AvgIpc) is 3.02. The molecule has 0 aliphatic rings. The number of aryl methyl sites for hydroxylation is 1. The highest BCUT2D eigenvalue weighted by molar-refractivity contribution is 7.89. The summed E-state index contributed by atoms with van der Waals surface area (Å²) in [5.74, 6) is 0.610. The molecule has 0 saturated heterocycles. The van der Waals surface area contributed by atoms with Gasteiger partial charge in [0.05, 0.1) is 17.7 Å². The third-order valence-corrected chi connectivity index (χ3v) is 6.22. The SMILES string of the molecule is COc1ccc(S(=O)(=O)NCc2sc(-c3cccnc3)nc2C)cc1. The predicted octanol–water partition coefficient (Wildman–Crippen LogP) is 3.00. The number of hydrogen-bond donors (Lipinski definition) is 1. The summed E-state index contributed by atoms with van der Waals surface area (Å²) < 4.78 is 32.5. The molecule has 2 aromatic heterocycles. The average molecular weight is 375 g/mol. The van der Waals surface area contributed by atoms with Crippen LogP contribution in [0.5, 0.6) is 5.75 Å². The zero-order valence-corrected chi connectivity index (χ0v) is 15.4. The number of nitrogens with zero attached hydrogens (tertiary/aromatic N) is 2. The number of pyridine rings is 1. The van der Waals surface area contributed by atoms with Crippen molar-refractivity contribution in [1.82, 2.24) is 14.7 Å². The quantitative estimate of drug-likeness (QED) is 0.716. The fraction of sp³-hybridized carbons (Fsp3) is 0.176. The van der Waals surface area contributed by atoms with Crippen LogP contribution in [0.2, 0.25) is 0 Å². The Labute approximate surface area is 150 Å². The predicted molar refractivity (Wildman–Crippen MR) is 97.1 cm³/mol. The largest absolute Gasteiger partial charge is 0.497 e. The molecule has 3 rings (SSSR count). The Morgan fingerprint density at radius 2 is 1.96 bits per heavy atom. The van der Waals surface area contributed by atoms with Gasteiger partial charge in [-0.2, -0.15) is 0 Å². The Morgan fingerprint density at radius 3 is 2.60 bits per heavy atom. The van der Waals surface area contributed by atoms with E-state index in [0.29, 0.717) is 5.75 Å². The van der Waals surface area contributed by atoms with E-state index >= 15 is 0 Å². The highest BCUT2D eigenvalue weighted by Crippen LogP contribution is 2.27. The summed E-state index contributed by atoms with van der Waals surface area (Å²) in [6, 6.07) is 10.0. The van der Waals surface area contributed by atoms with Crippen LogP contribution < -0.4 is 9.46 Å². The van der Waals surface area contributed by atoms with E-state index in [2.05, 4.69) is 14.7 Å². The van der Waals surface area contributed by atoms with Gasteiger partial charge in [0.2, 0.25) is 10.0 Å². The molecule has 3 aromatic rings. The van der Waals surface area contributed by atoms with Crippen molar-refractivity contribution in [3.05, 3.63) is 59.4 Å². The Balaban J connectivity index is 1.75. The zero-order valence-electron chi connectivity index (χ0n) is 13.8. The standard InChI is InChI=1S/C17H17N3O3S2/c1-12-16(24-17(20-12)13-4-3-9-18-10-13)11-19-25(21,22)15-7-5-14(23-2)6-8-15/h3-10,19H,11H2,1-2H3. The number of methoxy groups -OCH3 is 1. The monoisotopic (exact) mass is 375 g/mol. The summed E-state index contributed by atoms with van der Waals surface area (Å²) in [4.78, 5) is 9.66. The first kappa shape index (κ1) is 17.5. The molecule has 0 fully saturated rings. The van der Waals surface area contributed by atoms with Crippen LogP contribution in [0, 0.1) is 6.92 Å². The van der Waals surface area contributed by atoms with E-state index in [1.807, 2.05) is 19.1 Å². The molecule has 0 aliphatic heterocycles. The summed E-state index contributed by atoms with van der Waals surface area (Å²) in [6.07, 6.45) is 3.44. The summed E-state index contributed by atoms with van der Waals surface area (Å²) >= 11 is 1.46. The number of sulfonamides is 1. The van der Waals surface area contributed by atoms with Gasteiger partial charge in [-0.05, 0) is 43.3 Å². The Hall–Kier alpha value is -2.29. The molecule has 0 saturated carbocycles. The van der Waals surface area contributed by atoms with Gasteiger partial charge in [-0.25, -0.2) is 18.1 Å². The number of ether oxygens (including phenoxy) is 1. The van der Waals surface area contributed by atoms with Crippen LogP contribution in [0.3, 0.4) is 0 Å². The molecule has 1 aromatic carbocycles. The maximum Gasteiger partial charge on any atom is 0.240 e. The molecule has 8 heteroatoms. The minimum atomic E-state index is -3.59. The van der Waals surface area contributed by atoms with Crippen molar-refractivity contribution >= 4 is 21.4 Å². The van der Waals surface area contributed by atoms with Crippen LogP contribution in [-0.4, -0.2) is 25.5 Å². The van der Waals surface area contributed by atoms with Crippen molar-refractivity contribution in [2.75, 3.05) is 7.11 Å². The van der Waals surface area contributed by atoms with Crippen molar-refractivity contribution in [2.45, 2.75) is 18.4 Å². The van der Waals surface area contributed by atoms with Crippen LogP contribution in [-0.2, 0) is 16.6 Å². The molecule has 0 bridgehead atoms. The lowest BCUT2D eigenvalue weighted by Gasteiger charge is -2.07. The molecule has 2 heterocycles. The van der Waals surface area contributed by atoms with Gasteiger partial charge < -0.3 is 4.74 Å². The highest BCUT2D eigenvalue weighted by atomic mass is 32.2. The Morgan fingerprint density at radius 1 is 1.20 bits per heavy atom. The molecular formula is C17H17N3O3S2. The van der Waals surface area contributed by atoms with Gasteiger partial charge in [0.15, 0.2) is 0 Å². The first-order chi connectivity index (χ1) is 12.0. The van der Waals surface area contributed by atoms with Crippen molar-refractivity contribution < 1.29 is 13.2 Å².